The van der Waals surface area contributed by atoms with Crippen LogP contribution in [-0.4, -0.2) is 12.5 Å². The number of rotatable bonds is 2. The average molecular weight is 292 g/mol. The second-order valence-corrected chi connectivity index (χ2v) is 6.20. The monoisotopic (exact) mass is 292 g/mol. The largest absolute Gasteiger partial charge is 0.322 e. The predicted octanol–water partition coefficient (Wildman–Crippen LogP) is 3.07. The molecule has 1 heterocycles. The summed E-state index contributed by atoms with van der Waals surface area (Å²) in [5.41, 5.74) is 7.05. The molecule has 22 heavy (non-hydrogen) atoms. The Morgan fingerprint density at radius 3 is 2.68 bits per heavy atom. The fourth-order valence-electron chi connectivity index (χ4n) is 3.47. The lowest BCUT2D eigenvalue weighted by atomic mass is 10.0. The molecule has 3 nitrogen and oxygen atoms in total. The molecule has 2 N–H and O–H groups in total. The van der Waals surface area contributed by atoms with Crippen LogP contribution >= 0.6 is 0 Å². The molecule has 2 aromatic carbocycles. The molecule has 0 unspecified atom stereocenters. The van der Waals surface area contributed by atoms with Gasteiger partial charge in [-0.25, -0.2) is 0 Å². The summed E-state index contributed by atoms with van der Waals surface area (Å²) in [7, 11) is 0. The normalized spacial score (nSPS) is 16.0. The Morgan fingerprint density at radius 2 is 1.73 bits per heavy atom. The molecule has 0 saturated heterocycles. The van der Waals surface area contributed by atoms with E-state index in [-0.39, 0.29) is 5.91 Å². The summed E-state index contributed by atoms with van der Waals surface area (Å²) >= 11 is 0. The highest BCUT2D eigenvalue weighted by Gasteiger charge is 2.15. The van der Waals surface area contributed by atoms with E-state index in [9.17, 15) is 4.79 Å². The number of fused-ring (bicyclic) bond motifs is 2. The Labute approximate surface area is 130 Å². The summed E-state index contributed by atoms with van der Waals surface area (Å²) in [6, 6.07) is 12.3. The summed E-state index contributed by atoms with van der Waals surface area (Å²) in [5, 5.41) is 6.40. The minimum Gasteiger partial charge on any atom is -0.322 e. The van der Waals surface area contributed by atoms with E-state index >= 15 is 0 Å². The number of hydrogen-bond acceptors (Lipinski definition) is 2. The van der Waals surface area contributed by atoms with Crippen molar-refractivity contribution in [2.45, 2.75) is 32.2 Å². The number of hydrogen-bond donors (Lipinski definition) is 2. The topological polar surface area (TPSA) is 41.1 Å². The van der Waals surface area contributed by atoms with E-state index in [1.165, 1.54) is 28.7 Å². The second-order valence-electron chi connectivity index (χ2n) is 6.20. The molecule has 3 heteroatoms. The van der Waals surface area contributed by atoms with Crippen molar-refractivity contribution >= 4 is 11.6 Å². The minimum absolute atomic E-state index is 0.0154. The Bertz CT molecular complexity index is 736. The van der Waals surface area contributed by atoms with Crippen LogP contribution in [0.5, 0.6) is 0 Å². The lowest BCUT2D eigenvalue weighted by Crippen LogP contribution is -2.23. The molecule has 4 rings (SSSR count). The van der Waals surface area contributed by atoms with Crippen LogP contribution in [0.2, 0.25) is 0 Å². The van der Waals surface area contributed by atoms with E-state index < -0.39 is 0 Å². The summed E-state index contributed by atoms with van der Waals surface area (Å²) < 4.78 is 0. The third kappa shape index (κ3) is 2.53. The van der Waals surface area contributed by atoms with Gasteiger partial charge in [-0.15, -0.1) is 0 Å². The third-order valence-corrected chi connectivity index (χ3v) is 4.71. The fourth-order valence-corrected chi connectivity index (χ4v) is 3.47. The van der Waals surface area contributed by atoms with Crippen LogP contribution < -0.4 is 10.6 Å². The van der Waals surface area contributed by atoms with Gasteiger partial charge in [-0.1, -0.05) is 12.1 Å². The zero-order valence-corrected chi connectivity index (χ0v) is 12.6. The van der Waals surface area contributed by atoms with Gasteiger partial charge in [0.25, 0.3) is 5.91 Å². The maximum absolute atomic E-state index is 12.5. The van der Waals surface area contributed by atoms with Crippen LogP contribution in [0.15, 0.2) is 36.4 Å². The standard InChI is InChI=1S/C19H20N2O/c22-19(16-5-4-13-2-1-3-15(13)10-16)21-18-7-6-14-8-9-20-12-17(14)11-18/h4-7,10-11,20H,1-3,8-9,12H2,(H,21,22). The van der Waals surface area contributed by atoms with Gasteiger partial charge < -0.3 is 10.6 Å². The van der Waals surface area contributed by atoms with Crippen molar-refractivity contribution < 1.29 is 4.79 Å². The number of anilines is 1. The summed E-state index contributed by atoms with van der Waals surface area (Å²) in [6.45, 7) is 1.92. The second kappa shape index (κ2) is 5.58. The summed E-state index contributed by atoms with van der Waals surface area (Å²) in [5.74, 6) is -0.0154. The molecular weight excluding hydrogens is 272 g/mol. The number of aryl methyl sites for hydroxylation is 2. The summed E-state index contributed by atoms with van der Waals surface area (Å²) in [6.07, 6.45) is 4.52. The van der Waals surface area contributed by atoms with Gasteiger partial charge in [0.15, 0.2) is 0 Å². The quantitative estimate of drug-likeness (QED) is 0.893. The zero-order valence-electron chi connectivity index (χ0n) is 12.6. The first-order valence-electron chi connectivity index (χ1n) is 8.05. The highest BCUT2D eigenvalue weighted by molar-refractivity contribution is 6.04. The number of amides is 1. The van der Waals surface area contributed by atoms with Crippen molar-refractivity contribution in [2.75, 3.05) is 11.9 Å². The molecule has 1 aliphatic carbocycles. The molecule has 0 spiro atoms. The first-order chi connectivity index (χ1) is 10.8. The molecule has 0 bridgehead atoms. The smallest absolute Gasteiger partial charge is 0.255 e. The number of nitrogens with one attached hydrogen (secondary N) is 2. The number of benzene rings is 2. The molecular formula is C19H20N2O. The van der Waals surface area contributed by atoms with Crippen molar-refractivity contribution in [3.05, 3.63) is 64.2 Å². The minimum atomic E-state index is -0.0154. The van der Waals surface area contributed by atoms with Gasteiger partial charge in [-0.2, -0.15) is 0 Å². The number of carbonyl (C=O) groups is 1. The molecule has 2 aliphatic rings. The zero-order chi connectivity index (χ0) is 14.9. The van der Waals surface area contributed by atoms with E-state index in [0.717, 1.165) is 43.6 Å². The Balaban J connectivity index is 1.54. The molecule has 0 radical (unpaired) electrons. The predicted molar refractivity (Wildman–Crippen MR) is 88.3 cm³/mol. The van der Waals surface area contributed by atoms with Gasteiger partial charge in [-0.3, -0.25) is 4.79 Å². The first kappa shape index (κ1) is 13.5. The summed E-state index contributed by atoms with van der Waals surface area (Å²) in [4.78, 5) is 12.5. The molecule has 0 atom stereocenters. The molecule has 0 fully saturated rings. The molecule has 1 aliphatic heterocycles. The molecule has 1 amide bonds. The van der Waals surface area contributed by atoms with E-state index in [2.05, 4.69) is 34.9 Å². The van der Waals surface area contributed by atoms with Gasteiger partial charge in [0.05, 0.1) is 0 Å². The van der Waals surface area contributed by atoms with Crippen LogP contribution in [0.25, 0.3) is 0 Å². The van der Waals surface area contributed by atoms with Crippen molar-refractivity contribution in [3.8, 4) is 0 Å². The molecule has 2 aromatic rings. The van der Waals surface area contributed by atoms with E-state index in [0.29, 0.717) is 0 Å². The van der Waals surface area contributed by atoms with Crippen LogP contribution in [-0.2, 0) is 25.8 Å². The van der Waals surface area contributed by atoms with Crippen LogP contribution in [0.3, 0.4) is 0 Å². The average Bonchev–Trinajstić information content (AvgIpc) is 3.02. The molecule has 0 aromatic heterocycles. The van der Waals surface area contributed by atoms with Gasteiger partial charge in [-0.05, 0) is 78.7 Å². The fraction of sp³-hybridized carbons (Fsp3) is 0.316. The molecule has 112 valence electrons. The van der Waals surface area contributed by atoms with E-state index in [1.54, 1.807) is 0 Å². The highest BCUT2D eigenvalue weighted by Crippen LogP contribution is 2.24. The van der Waals surface area contributed by atoms with Gasteiger partial charge in [0.2, 0.25) is 0 Å². The highest BCUT2D eigenvalue weighted by atomic mass is 16.1. The SMILES string of the molecule is O=C(Nc1ccc2c(c1)CNCC2)c1ccc2c(c1)CCC2. The van der Waals surface area contributed by atoms with Crippen molar-refractivity contribution in [2.24, 2.45) is 0 Å². The van der Waals surface area contributed by atoms with Crippen molar-refractivity contribution in [1.82, 2.24) is 5.32 Å². The van der Waals surface area contributed by atoms with Gasteiger partial charge in [0.1, 0.15) is 0 Å². The van der Waals surface area contributed by atoms with Crippen LogP contribution in [0.4, 0.5) is 5.69 Å². The Kier molecular flexibility index (Phi) is 3.43. The number of carbonyl (C=O) groups excluding carboxylic acids is 1. The van der Waals surface area contributed by atoms with Crippen molar-refractivity contribution in [1.29, 1.82) is 0 Å². The van der Waals surface area contributed by atoms with E-state index in [1.807, 2.05) is 12.1 Å². The first-order valence-corrected chi connectivity index (χ1v) is 8.05. The van der Waals surface area contributed by atoms with Crippen LogP contribution in [0, 0.1) is 0 Å². The molecule has 0 saturated carbocycles. The van der Waals surface area contributed by atoms with Crippen LogP contribution in [0.1, 0.15) is 39.0 Å². The lowest BCUT2D eigenvalue weighted by molar-refractivity contribution is 0.102. The Morgan fingerprint density at radius 1 is 0.909 bits per heavy atom. The van der Waals surface area contributed by atoms with Crippen molar-refractivity contribution in [3.63, 3.8) is 0 Å². The maximum Gasteiger partial charge on any atom is 0.255 e. The lowest BCUT2D eigenvalue weighted by Gasteiger charge is -2.18. The van der Waals surface area contributed by atoms with E-state index in [4.69, 9.17) is 0 Å². The van der Waals surface area contributed by atoms with Gasteiger partial charge >= 0.3 is 0 Å². The third-order valence-electron chi connectivity index (χ3n) is 4.71. The van der Waals surface area contributed by atoms with Gasteiger partial charge in [0, 0.05) is 17.8 Å². The maximum atomic E-state index is 12.5. The Hall–Kier alpha value is -2.13.